The van der Waals surface area contributed by atoms with Crippen LogP contribution in [0.1, 0.15) is 6.42 Å². The number of sulfonamides is 1. The van der Waals surface area contributed by atoms with Gasteiger partial charge in [-0.25, -0.2) is 13.1 Å². The van der Waals surface area contributed by atoms with Crippen molar-refractivity contribution in [3.8, 4) is 0 Å². The van der Waals surface area contributed by atoms with Crippen LogP contribution in [-0.2, 0) is 14.8 Å². The van der Waals surface area contributed by atoms with E-state index in [9.17, 15) is 13.2 Å². The van der Waals surface area contributed by atoms with Crippen LogP contribution in [0.5, 0.6) is 0 Å². The maximum atomic E-state index is 12.0. The van der Waals surface area contributed by atoms with Crippen LogP contribution in [0.25, 0.3) is 10.8 Å². The van der Waals surface area contributed by atoms with Crippen LogP contribution in [0, 0.1) is 0 Å². The number of carbonyl (C=O) groups is 1. The van der Waals surface area contributed by atoms with Crippen molar-refractivity contribution in [1.29, 1.82) is 0 Å². The molecule has 0 saturated heterocycles. The predicted molar refractivity (Wildman–Crippen MR) is 80.2 cm³/mol. The molecular formula is C13H15ClN2O3S. The Kier molecular flexibility index (Phi) is 5.50. The molecule has 0 aliphatic rings. The van der Waals surface area contributed by atoms with Gasteiger partial charge in [-0.3, -0.25) is 4.79 Å². The Labute approximate surface area is 123 Å². The number of hydrogen-bond acceptors (Lipinski definition) is 3. The smallest absolute Gasteiger partial charge is 0.240 e. The molecule has 2 rings (SSSR count). The summed E-state index contributed by atoms with van der Waals surface area (Å²) in [6, 6.07) is 12.4. The van der Waals surface area contributed by atoms with Gasteiger partial charge in [0.05, 0.1) is 4.90 Å². The molecule has 0 unspecified atom stereocenters. The molecule has 5 nitrogen and oxygen atoms in total. The van der Waals surface area contributed by atoms with Gasteiger partial charge in [-0.2, -0.15) is 0 Å². The lowest BCUT2D eigenvalue weighted by Crippen LogP contribution is -2.28. The van der Waals surface area contributed by atoms with Gasteiger partial charge in [0.1, 0.15) is 0 Å². The Bertz CT molecular complexity index is 716. The number of hydrogen-bond donors (Lipinski definition) is 2. The van der Waals surface area contributed by atoms with Crippen LogP contribution in [0.4, 0.5) is 0 Å². The zero-order valence-corrected chi connectivity index (χ0v) is 12.2. The topological polar surface area (TPSA) is 89.3 Å². The molecule has 0 radical (unpaired) electrons. The van der Waals surface area contributed by atoms with E-state index in [4.69, 9.17) is 5.73 Å². The van der Waals surface area contributed by atoms with E-state index in [1.165, 1.54) is 6.07 Å². The maximum absolute atomic E-state index is 12.0. The fourth-order valence-corrected chi connectivity index (χ4v) is 2.79. The molecule has 0 spiro atoms. The molecule has 0 heterocycles. The van der Waals surface area contributed by atoms with Gasteiger partial charge in [0.25, 0.3) is 0 Å². The Morgan fingerprint density at radius 2 is 1.75 bits per heavy atom. The summed E-state index contributed by atoms with van der Waals surface area (Å²) in [4.78, 5) is 10.8. The Hall–Kier alpha value is -1.63. The second-order valence-corrected chi connectivity index (χ2v) is 5.89. The van der Waals surface area contributed by atoms with Crippen molar-refractivity contribution < 1.29 is 13.2 Å². The minimum Gasteiger partial charge on any atom is -0.370 e. The van der Waals surface area contributed by atoms with Gasteiger partial charge in [-0.15, -0.1) is 12.4 Å². The van der Waals surface area contributed by atoms with E-state index in [0.717, 1.165) is 10.8 Å². The van der Waals surface area contributed by atoms with E-state index in [1.807, 2.05) is 24.3 Å². The Morgan fingerprint density at radius 3 is 2.40 bits per heavy atom. The summed E-state index contributed by atoms with van der Waals surface area (Å²) < 4.78 is 26.3. The molecule has 0 aliphatic heterocycles. The first-order valence-corrected chi connectivity index (χ1v) is 7.24. The third kappa shape index (κ3) is 3.93. The van der Waals surface area contributed by atoms with Crippen molar-refractivity contribution in [2.75, 3.05) is 6.54 Å². The normalized spacial score (nSPS) is 11.0. The van der Waals surface area contributed by atoms with Crippen LogP contribution in [0.15, 0.2) is 47.4 Å². The summed E-state index contributed by atoms with van der Waals surface area (Å²) in [6.07, 6.45) is -0.0210. The Morgan fingerprint density at radius 1 is 1.10 bits per heavy atom. The zero-order valence-electron chi connectivity index (χ0n) is 10.6. The monoisotopic (exact) mass is 314 g/mol. The number of fused-ring (bicyclic) bond motifs is 1. The van der Waals surface area contributed by atoms with Crippen molar-refractivity contribution in [3.63, 3.8) is 0 Å². The van der Waals surface area contributed by atoms with Gasteiger partial charge in [0.15, 0.2) is 0 Å². The number of carbonyl (C=O) groups excluding carboxylic acids is 1. The van der Waals surface area contributed by atoms with Crippen molar-refractivity contribution in [2.24, 2.45) is 5.73 Å². The first kappa shape index (κ1) is 16.4. The molecule has 108 valence electrons. The first-order chi connectivity index (χ1) is 8.99. The van der Waals surface area contributed by atoms with E-state index in [-0.39, 0.29) is 30.3 Å². The Balaban J connectivity index is 0.00000200. The fraction of sp³-hybridized carbons (Fsp3) is 0.154. The van der Waals surface area contributed by atoms with Gasteiger partial charge in [-0.1, -0.05) is 30.3 Å². The van der Waals surface area contributed by atoms with Crippen molar-refractivity contribution in [3.05, 3.63) is 42.5 Å². The molecule has 0 bridgehead atoms. The number of nitrogens with one attached hydrogen (secondary N) is 1. The minimum absolute atomic E-state index is 0. The second-order valence-electron chi connectivity index (χ2n) is 4.12. The molecular weight excluding hydrogens is 300 g/mol. The van der Waals surface area contributed by atoms with Gasteiger partial charge in [-0.05, 0) is 22.9 Å². The number of primary amides is 1. The highest BCUT2D eigenvalue weighted by Gasteiger charge is 2.13. The summed E-state index contributed by atoms with van der Waals surface area (Å²) in [7, 11) is -3.61. The van der Waals surface area contributed by atoms with Crippen LogP contribution in [0.3, 0.4) is 0 Å². The largest absolute Gasteiger partial charge is 0.370 e. The molecule has 7 heteroatoms. The summed E-state index contributed by atoms with van der Waals surface area (Å²) in [6.45, 7) is 0.00446. The second kappa shape index (κ2) is 6.69. The van der Waals surface area contributed by atoms with E-state index in [2.05, 4.69) is 4.72 Å². The van der Waals surface area contributed by atoms with Crippen molar-refractivity contribution in [2.45, 2.75) is 11.3 Å². The highest BCUT2D eigenvalue weighted by Crippen LogP contribution is 2.18. The van der Waals surface area contributed by atoms with Gasteiger partial charge >= 0.3 is 0 Å². The lowest BCUT2D eigenvalue weighted by atomic mass is 10.1. The molecule has 2 aromatic rings. The molecule has 0 aromatic heterocycles. The van der Waals surface area contributed by atoms with E-state index in [0.29, 0.717) is 0 Å². The number of rotatable bonds is 5. The molecule has 20 heavy (non-hydrogen) atoms. The van der Waals surface area contributed by atoms with E-state index >= 15 is 0 Å². The maximum Gasteiger partial charge on any atom is 0.240 e. The van der Waals surface area contributed by atoms with Crippen LogP contribution >= 0.6 is 12.4 Å². The van der Waals surface area contributed by atoms with E-state index < -0.39 is 15.9 Å². The van der Waals surface area contributed by atoms with Crippen molar-refractivity contribution in [1.82, 2.24) is 4.72 Å². The van der Waals surface area contributed by atoms with Crippen LogP contribution in [-0.4, -0.2) is 20.9 Å². The SMILES string of the molecule is Cl.NC(=O)CCNS(=O)(=O)c1ccc2ccccc2c1. The predicted octanol–water partition coefficient (Wildman–Crippen LogP) is 1.42. The number of nitrogens with two attached hydrogens (primary N) is 1. The summed E-state index contributed by atoms with van der Waals surface area (Å²) in [5, 5.41) is 1.82. The average molecular weight is 315 g/mol. The molecule has 0 saturated carbocycles. The lowest BCUT2D eigenvalue weighted by molar-refractivity contribution is -0.117. The van der Waals surface area contributed by atoms with Gasteiger partial charge in [0.2, 0.25) is 15.9 Å². The highest BCUT2D eigenvalue weighted by molar-refractivity contribution is 7.89. The number of amides is 1. The van der Waals surface area contributed by atoms with Gasteiger partial charge < -0.3 is 5.73 Å². The molecule has 0 aliphatic carbocycles. The molecule has 0 atom stereocenters. The summed E-state index contributed by atoms with van der Waals surface area (Å²) in [5.74, 6) is -0.541. The first-order valence-electron chi connectivity index (χ1n) is 5.76. The van der Waals surface area contributed by atoms with Crippen LogP contribution < -0.4 is 10.5 Å². The summed E-state index contributed by atoms with van der Waals surface area (Å²) >= 11 is 0. The summed E-state index contributed by atoms with van der Waals surface area (Å²) in [5.41, 5.74) is 4.96. The number of halogens is 1. The third-order valence-electron chi connectivity index (χ3n) is 2.69. The molecule has 3 N–H and O–H groups in total. The quantitative estimate of drug-likeness (QED) is 0.874. The standard InChI is InChI=1S/C13H14N2O3S.ClH/c14-13(16)7-8-15-19(17,18)12-6-5-10-3-1-2-4-11(10)9-12;/h1-6,9,15H,7-8H2,(H2,14,16);1H. The zero-order chi connectivity index (χ0) is 13.9. The average Bonchev–Trinajstić information content (AvgIpc) is 2.37. The number of benzene rings is 2. The van der Waals surface area contributed by atoms with E-state index in [1.54, 1.807) is 12.1 Å². The molecule has 2 aromatic carbocycles. The van der Waals surface area contributed by atoms with Crippen molar-refractivity contribution >= 4 is 39.1 Å². The minimum atomic E-state index is -3.61. The van der Waals surface area contributed by atoms with Gasteiger partial charge in [0, 0.05) is 13.0 Å². The third-order valence-corrected chi connectivity index (χ3v) is 4.15. The highest BCUT2D eigenvalue weighted by atomic mass is 35.5. The molecule has 1 amide bonds. The fourth-order valence-electron chi connectivity index (χ4n) is 1.73. The lowest BCUT2D eigenvalue weighted by Gasteiger charge is -2.07. The van der Waals surface area contributed by atoms with Crippen LogP contribution in [0.2, 0.25) is 0 Å². The molecule has 0 fully saturated rings.